The third kappa shape index (κ3) is 3.83. The Hall–Kier alpha value is -0.490. The predicted octanol–water partition coefficient (Wildman–Crippen LogP) is 2.62. The van der Waals surface area contributed by atoms with Gasteiger partial charge in [0.15, 0.2) is 0 Å². The van der Waals surface area contributed by atoms with E-state index in [1.54, 1.807) is 0 Å². The van der Waals surface area contributed by atoms with E-state index < -0.39 is 0 Å². The fourth-order valence-electron chi connectivity index (χ4n) is 3.17. The number of piperazine rings is 1. The summed E-state index contributed by atoms with van der Waals surface area (Å²) < 4.78 is 14.1. The van der Waals surface area contributed by atoms with Gasteiger partial charge in [-0.05, 0) is 36.5 Å². The van der Waals surface area contributed by atoms with Crippen molar-refractivity contribution in [1.29, 1.82) is 0 Å². The highest BCUT2D eigenvalue weighted by Crippen LogP contribution is 2.31. The van der Waals surface area contributed by atoms with Crippen molar-refractivity contribution in [1.82, 2.24) is 9.80 Å². The van der Waals surface area contributed by atoms with Crippen LogP contribution < -0.4 is 5.73 Å². The van der Waals surface area contributed by atoms with Gasteiger partial charge < -0.3 is 10.6 Å². The number of nitrogens with zero attached hydrogens (tertiary/aromatic N) is 2. The maximum absolute atomic E-state index is 13.3. The van der Waals surface area contributed by atoms with E-state index in [1.165, 1.54) is 31.5 Å². The molecule has 116 valence electrons. The summed E-state index contributed by atoms with van der Waals surface area (Å²) in [5.41, 5.74) is 7.09. The van der Waals surface area contributed by atoms with Crippen molar-refractivity contribution in [2.45, 2.75) is 18.9 Å². The van der Waals surface area contributed by atoms with Crippen molar-refractivity contribution >= 4 is 15.9 Å². The molecule has 21 heavy (non-hydrogen) atoms. The average Bonchev–Trinajstić information content (AvgIpc) is 3.27. The number of hydrogen-bond acceptors (Lipinski definition) is 3. The fraction of sp³-hybridized carbons (Fsp3) is 0.625. The quantitative estimate of drug-likeness (QED) is 0.880. The highest BCUT2D eigenvalue weighted by Gasteiger charge is 2.29. The largest absolute Gasteiger partial charge is 0.329 e. The Kier molecular flexibility index (Phi) is 4.94. The second-order valence-corrected chi connectivity index (χ2v) is 7.05. The standard InChI is InChI=1S/C16H23BrFN3/c17-15-9-13(18)3-4-14(15)16(10-19)21-7-5-20(6-8-21)11-12-1-2-12/h3-4,9,12,16H,1-2,5-8,10-11,19H2. The van der Waals surface area contributed by atoms with Crippen LogP contribution >= 0.6 is 15.9 Å². The highest BCUT2D eigenvalue weighted by molar-refractivity contribution is 9.10. The lowest BCUT2D eigenvalue weighted by molar-refractivity contribution is 0.0953. The van der Waals surface area contributed by atoms with Gasteiger partial charge in [0.05, 0.1) is 0 Å². The summed E-state index contributed by atoms with van der Waals surface area (Å²) in [6.07, 6.45) is 2.82. The van der Waals surface area contributed by atoms with Gasteiger partial charge in [0.1, 0.15) is 5.82 Å². The molecule has 1 aliphatic heterocycles. The first-order valence-corrected chi connectivity index (χ1v) is 8.58. The first-order chi connectivity index (χ1) is 10.2. The minimum Gasteiger partial charge on any atom is -0.329 e. The van der Waals surface area contributed by atoms with Crippen molar-refractivity contribution in [3.63, 3.8) is 0 Å². The van der Waals surface area contributed by atoms with Crippen LogP contribution in [0.1, 0.15) is 24.4 Å². The zero-order chi connectivity index (χ0) is 14.8. The summed E-state index contributed by atoms with van der Waals surface area (Å²) >= 11 is 3.48. The van der Waals surface area contributed by atoms with Crippen LogP contribution in [0.4, 0.5) is 4.39 Å². The topological polar surface area (TPSA) is 32.5 Å². The first-order valence-electron chi connectivity index (χ1n) is 7.79. The van der Waals surface area contributed by atoms with E-state index in [0.717, 1.165) is 42.1 Å². The molecule has 0 bridgehead atoms. The summed E-state index contributed by atoms with van der Waals surface area (Å²) in [7, 11) is 0. The third-order valence-electron chi connectivity index (χ3n) is 4.61. The van der Waals surface area contributed by atoms with Gasteiger partial charge in [0, 0.05) is 49.8 Å². The molecule has 2 aliphatic rings. The normalized spacial score (nSPS) is 22.4. The maximum Gasteiger partial charge on any atom is 0.124 e. The minimum atomic E-state index is -0.212. The van der Waals surface area contributed by atoms with E-state index in [1.807, 2.05) is 6.07 Å². The number of halogens is 2. The van der Waals surface area contributed by atoms with Crippen LogP contribution in [0.25, 0.3) is 0 Å². The van der Waals surface area contributed by atoms with Gasteiger partial charge in [0.2, 0.25) is 0 Å². The second-order valence-electron chi connectivity index (χ2n) is 6.20. The summed E-state index contributed by atoms with van der Waals surface area (Å²) in [6, 6.07) is 5.07. The molecular weight excluding hydrogens is 333 g/mol. The molecule has 3 nitrogen and oxygen atoms in total. The van der Waals surface area contributed by atoms with Gasteiger partial charge in [-0.1, -0.05) is 22.0 Å². The Morgan fingerprint density at radius 3 is 2.52 bits per heavy atom. The molecule has 0 radical (unpaired) electrons. The molecule has 1 heterocycles. The highest BCUT2D eigenvalue weighted by atomic mass is 79.9. The van der Waals surface area contributed by atoms with E-state index in [0.29, 0.717) is 6.54 Å². The molecule has 1 saturated heterocycles. The molecule has 1 atom stereocenters. The van der Waals surface area contributed by atoms with Crippen LogP contribution in [0.5, 0.6) is 0 Å². The maximum atomic E-state index is 13.3. The van der Waals surface area contributed by atoms with E-state index in [2.05, 4.69) is 25.7 Å². The van der Waals surface area contributed by atoms with Gasteiger partial charge in [0.25, 0.3) is 0 Å². The SMILES string of the molecule is NCC(c1ccc(F)cc1Br)N1CCN(CC2CC2)CC1. The molecule has 0 spiro atoms. The number of rotatable bonds is 5. The Bertz CT molecular complexity index is 484. The van der Waals surface area contributed by atoms with Crippen LogP contribution in [-0.4, -0.2) is 49.1 Å². The molecule has 1 unspecified atom stereocenters. The van der Waals surface area contributed by atoms with E-state index in [-0.39, 0.29) is 11.9 Å². The number of hydrogen-bond donors (Lipinski definition) is 1. The minimum absolute atomic E-state index is 0.169. The van der Waals surface area contributed by atoms with Crippen LogP contribution in [0.2, 0.25) is 0 Å². The lowest BCUT2D eigenvalue weighted by atomic mass is 10.0. The van der Waals surface area contributed by atoms with Crippen molar-refractivity contribution in [2.75, 3.05) is 39.3 Å². The van der Waals surface area contributed by atoms with Gasteiger partial charge in [-0.25, -0.2) is 4.39 Å². The van der Waals surface area contributed by atoms with E-state index in [9.17, 15) is 4.39 Å². The number of nitrogens with two attached hydrogens (primary N) is 1. The molecule has 1 saturated carbocycles. The Morgan fingerprint density at radius 2 is 1.95 bits per heavy atom. The lowest BCUT2D eigenvalue weighted by Gasteiger charge is -2.39. The lowest BCUT2D eigenvalue weighted by Crippen LogP contribution is -2.49. The van der Waals surface area contributed by atoms with Crippen LogP contribution in [0.3, 0.4) is 0 Å². The van der Waals surface area contributed by atoms with Crippen LogP contribution in [0, 0.1) is 11.7 Å². The van der Waals surface area contributed by atoms with Gasteiger partial charge in [-0.15, -0.1) is 0 Å². The van der Waals surface area contributed by atoms with Gasteiger partial charge in [-0.3, -0.25) is 4.90 Å². The van der Waals surface area contributed by atoms with Gasteiger partial charge >= 0.3 is 0 Å². The predicted molar refractivity (Wildman–Crippen MR) is 86.6 cm³/mol. The summed E-state index contributed by atoms with van der Waals surface area (Å²) in [5, 5.41) is 0. The van der Waals surface area contributed by atoms with Crippen molar-refractivity contribution < 1.29 is 4.39 Å². The molecule has 0 aromatic heterocycles. The Labute approximate surface area is 134 Å². The van der Waals surface area contributed by atoms with Crippen molar-refractivity contribution in [3.8, 4) is 0 Å². The first kappa shape index (κ1) is 15.4. The summed E-state index contributed by atoms with van der Waals surface area (Å²) in [5.74, 6) is 0.740. The molecule has 0 amide bonds. The molecule has 2 fully saturated rings. The fourth-order valence-corrected chi connectivity index (χ4v) is 3.78. The Morgan fingerprint density at radius 1 is 1.24 bits per heavy atom. The molecular formula is C16H23BrFN3. The monoisotopic (exact) mass is 355 g/mol. The molecule has 1 aliphatic carbocycles. The second kappa shape index (κ2) is 6.73. The Balaban J connectivity index is 1.63. The number of benzene rings is 1. The molecule has 3 rings (SSSR count). The average molecular weight is 356 g/mol. The third-order valence-corrected chi connectivity index (χ3v) is 5.29. The van der Waals surface area contributed by atoms with Crippen LogP contribution in [-0.2, 0) is 0 Å². The van der Waals surface area contributed by atoms with Gasteiger partial charge in [-0.2, -0.15) is 0 Å². The smallest absolute Gasteiger partial charge is 0.124 e. The van der Waals surface area contributed by atoms with Crippen LogP contribution in [0.15, 0.2) is 22.7 Å². The van der Waals surface area contributed by atoms with Crippen molar-refractivity contribution in [3.05, 3.63) is 34.1 Å². The molecule has 2 N–H and O–H groups in total. The van der Waals surface area contributed by atoms with E-state index >= 15 is 0 Å². The van der Waals surface area contributed by atoms with Crippen molar-refractivity contribution in [2.24, 2.45) is 11.7 Å². The zero-order valence-corrected chi connectivity index (χ0v) is 13.9. The molecule has 1 aromatic rings. The molecule has 5 heteroatoms. The molecule has 1 aromatic carbocycles. The summed E-state index contributed by atoms with van der Waals surface area (Å²) in [4.78, 5) is 5.00. The zero-order valence-electron chi connectivity index (χ0n) is 12.3. The van der Waals surface area contributed by atoms with E-state index in [4.69, 9.17) is 5.73 Å². The summed E-state index contributed by atoms with van der Waals surface area (Å²) in [6.45, 7) is 6.14.